The van der Waals surface area contributed by atoms with Crippen molar-refractivity contribution in [1.29, 1.82) is 0 Å². The number of unbranched alkanes of at least 4 members (excludes halogenated alkanes) is 1. The minimum atomic E-state index is -1.15. The fraction of sp³-hybridized carbons (Fsp3) is 0.290. The van der Waals surface area contributed by atoms with Crippen LogP contribution in [-0.4, -0.2) is 59.9 Å². The highest BCUT2D eigenvalue weighted by Crippen LogP contribution is 2.42. The summed E-state index contributed by atoms with van der Waals surface area (Å²) >= 11 is 5.39. The summed E-state index contributed by atoms with van der Waals surface area (Å²) in [6.07, 6.45) is 3.01. The molecule has 226 valence electrons. The zero-order valence-corrected chi connectivity index (χ0v) is 24.4. The molecule has 0 radical (unpaired) electrons. The molecular formula is C31H35N5O6S. The van der Waals surface area contributed by atoms with Gasteiger partial charge >= 0.3 is 5.97 Å². The molecule has 2 aromatic carbocycles. The molecule has 2 aliphatic rings. The van der Waals surface area contributed by atoms with Gasteiger partial charge in [0.25, 0.3) is 0 Å². The molecule has 1 aliphatic carbocycles. The van der Waals surface area contributed by atoms with Crippen LogP contribution in [0, 0.1) is 0 Å². The second kappa shape index (κ2) is 15.1. The van der Waals surface area contributed by atoms with Gasteiger partial charge in [0, 0.05) is 60.4 Å². The molecule has 11 nitrogen and oxygen atoms in total. The Balaban J connectivity index is 1.39. The van der Waals surface area contributed by atoms with E-state index in [-0.39, 0.29) is 28.4 Å². The minimum absolute atomic E-state index is 0.0115. The monoisotopic (exact) mass is 605 g/mol. The number of nitrogens with two attached hydrogens (primary N) is 1. The van der Waals surface area contributed by atoms with Gasteiger partial charge in [-0.15, -0.1) is 0 Å². The Morgan fingerprint density at radius 3 is 2.47 bits per heavy atom. The van der Waals surface area contributed by atoms with Crippen molar-refractivity contribution >= 4 is 45.9 Å². The van der Waals surface area contributed by atoms with Gasteiger partial charge in [-0.3, -0.25) is 9.59 Å². The average molecular weight is 606 g/mol. The number of carboxylic acid groups (broad SMARTS) is 1. The number of carboxylic acids is 1. The van der Waals surface area contributed by atoms with Crippen LogP contribution < -0.4 is 32.4 Å². The Bertz CT molecular complexity index is 1640. The number of amides is 1. The molecule has 0 bridgehead atoms. The predicted octanol–water partition coefficient (Wildman–Crippen LogP) is 3.48. The first-order valence-electron chi connectivity index (χ1n) is 14.1. The first kappa shape index (κ1) is 31.4. The van der Waals surface area contributed by atoms with Crippen LogP contribution in [0.3, 0.4) is 0 Å². The number of phenols is 1. The number of nitrogens with one attached hydrogen (secondary N) is 4. The Labute approximate surface area is 253 Å². The Kier molecular flexibility index (Phi) is 11.0. The van der Waals surface area contributed by atoms with E-state index in [1.165, 1.54) is 30.3 Å². The van der Waals surface area contributed by atoms with Gasteiger partial charge in [0.2, 0.25) is 5.91 Å². The topological polar surface area (TPSA) is 179 Å². The van der Waals surface area contributed by atoms with Crippen LogP contribution in [0.15, 0.2) is 63.8 Å². The Morgan fingerprint density at radius 1 is 0.884 bits per heavy atom. The summed E-state index contributed by atoms with van der Waals surface area (Å²) in [5.41, 5.74) is 7.52. The van der Waals surface area contributed by atoms with Crippen molar-refractivity contribution in [3.05, 3.63) is 70.4 Å². The smallest absolute Gasteiger partial charge is 0.336 e. The number of thiocarbonyl (C=S) groups is 1. The van der Waals surface area contributed by atoms with E-state index in [4.69, 9.17) is 22.4 Å². The Morgan fingerprint density at radius 2 is 1.67 bits per heavy atom. The minimum Gasteiger partial charge on any atom is -0.508 e. The number of carbonyl (C=O) groups excluding carboxylic acids is 1. The quantitative estimate of drug-likeness (QED) is 0.0636. The largest absolute Gasteiger partial charge is 0.508 e. The van der Waals surface area contributed by atoms with E-state index in [1.54, 1.807) is 24.3 Å². The van der Waals surface area contributed by atoms with Crippen LogP contribution in [0.2, 0.25) is 0 Å². The molecule has 0 unspecified atom stereocenters. The number of phenolic OH excluding ortho intramolecular Hbond substituents is 1. The van der Waals surface area contributed by atoms with Crippen molar-refractivity contribution in [3.8, 4) is 28.2 Å². The van der Waals surface area contributed by atoms with Gasteiger partial charge < -0.3 is 41.6 Å². The summed E-state index contributed by atoms with van der Waals surface area (Å²) in [6, 6.07) is 13.8. The summed E-state index contributed by atoms with van der Waals surface area (Å²) in [5.74, 6) is -0.925. The summed E-state index contributed by atoms with van der Waals surface area (Å²) in [4.78, 5) is 36.4. The van der Waals surface area contributed by atoms with E-state index in [1.807, 2.05) is 0 Å². The fourth-order valence-electron chi connectivity index (χ4n) is 4.67. The van der Waals surface area contributed by atoms with Crippen molar-refractivity contribution in [3.63, 3.8) is 0 Å². The highest BCUT2D eigenvalue weighted by atomic mass is 32.1. The predicted molar refractivity (Wildman–Crippen MR) is 171 cm³/mol. The third-order valence-corrected chi connectivity index (χ3v) is 7.00. The van der Waals surface area contributed by atoms with E-state index in [2.05, 4.69) is 21.3 Å². The maximum atomic E-state index is 12.4. The number of hydrogen-bond donors (Lipinski definition) is 7. The molecule has 0 atom stereocenters. The zero-order valence-electron chi connectivity index (χ0n) is 23.6. The summed E-state index contributed by atoms with van der Waals surface area (Å²) in [5, 5.41) is 33.2. The third kappa shape index (κ3) is 8.51. The van der Waals surface area contributed by atoms with E-state index in [0.29, 0.717) is 77.5 Å². The average Bonchev–Trinajstić information content (AvgIpc) is 2.97. The molecule has 4 rings (SSSR count). The first-order chi connectivity index (χ1) is 20.8. The van der Waals surface area contributed by atoms with Crippen LogP contribution in [0.1, 0.15) is 36.0 Å². The number of aromatic hydroxyl groups is 1. The first-order valence-corrected chi connectivity index (χ1v) is 14.5. The second-order valence-electron chi connectivity index (χ2n) is 9.96. The normalized spacial score (nSPS) is 11.0. The lowest BCUT2D eigenvalue weighted by atomic mass is 9.90. The van der Waals surface area contributed by atoms with Gasteiger partial charge in [-0.25, -0.2) is 4.79 Å². The molecule has 0 fully saturated rings. The highest BCUT2D eigenvalue weighted by Gasteiger charge is 2.22. The highest BCUT2D eigenvalue weighted by molar-refractivity contribution is 7.80. The lowest BCUT2D eigenvalue weighted by molar-refractivity contribution is -0.121. The van der Waals surface area contributed by atoms with E-state index in [0.717, 1.165) is 19.4 Å². The zero-order chi connectivity index (χ0) is 30.8. The lowest BCUT2D eigenvalue weighted by Gasteiger charge is -2.18. The summed E-state index contributed by atoms with van der Waals surface area (Å²) in [6.45, 7) is 3.14. The number of fused-ring (bicyclic) bond motifs is 2. The molecule has 0 aromatic heterocycles. The molecule has 0 spiro atoms. The standard InChI is InChI=1S/C31H35N5O6S/c32-11-1-2-12-33-15-10-28(39)34-13-3-14-35-31(43)36-19-4-7-22(25(16-19)30(40)41)29-23-8-5-20(37)17-26(23)42-27-18-21(38)6-9-24(27)29/h4-9,16-18,33,37H,1-3,10-15,32H2,(H,34,39)(H,40,41)(H2,35,36,43). The maximum Gasteiger partial charge on any atom is 0.336 e. The number of anilines is 1. The molecule has 12 heteroatoms. The number of benzene rings is 3. The van der Waals surface area contributed by atoms with Crippen LogP contribution >= 0.6 is 12.2 Å². The molecule has 43 heavy (non-hydrogen) atoms. The number of rotatable bonds is 14. The van der Waals surface area contributed by atoms with Crippen LogP contribution in [-0.2, 0) is 4.79 Å². The Hall–Kier alpha value is -4.52. The van der Waals surface area contributed by atoms with E-state index < -0.39 is 5.97 Å². The van der Waals surface area contributed by atoms with E-state index in [9.17, 15) is 24.6 Å². The van der Waals surface area contributed by atoms with Gasteiger partial charge in [-0.1, -0.05) is 6.07 Å². The number of hydrogen-bond acceptors (Lipinski definition) is 8. The van der Waals surface area contributed by atoms with Gasteiger partial charge in [0.15, 0.2) is 10.5 Å². The lowest BCUT2D eigenvalue weighted by Crippen LogP contribution is -2.33. The van der Waals surface area contributed by atoms with Crippen LogP contribution in [0.5, 0.6) is 5.75 Å². The van der Waals surface area contributed by atoms with Gasteiger partial charge in [-0.2, -0.15) is 0 Å². The molecule has 1 aliphatic heterocycles. The molecule has 8 N–H and O–H groups in total. The molecule has 0 saturated carbocycles. The van der Waals surface area contributed by atoms with Gasteiger partial charge in [0.05, 0.1) is 5.56 Å². The maximum absolute atomic E-state index is 12.4. The molecule has 1 heterocycles. The second-order valence-corrected chi connectivity index (χ2v) is 10.4. The van der Waals surface area contributed by atoms with E-state index >= 15 is 0 Å². The van der Waals surface area contributed by atoms with Crippen molar-refractivity contribution in [2.45, 2.75) is 25.7 Å². The van der Waals surface area contributed by atoms with Crippen molar-refractivity contribution in [1.82, 2.24) is 16.0 Å². The summed E-state index contributed by atoms with van der Waals surface area (Å²) < 4.78 is 5.87. The molecular weight excluding hydrogens is 570 g/mol. The number of aromatic carboxylic acids is 1. The van der Waals surface area contributed by atoms with Crippen molar-refractivity contribution < 1.29 is 24.2 Å². The summed E-state index contributed by atoms with van der Waals surface area (Å²) in [7, 11) is 0. The fourth-order valence-corrected chi connectivity index (χ4v) is 4.89. The molecule has 2 aromatic rings. The van der Waals surface area contributed by atoms with Crippen LogP contribution in [0.4, 0.5) is 5.69 Å². The van der Waals surface area contributed by atoms with Gasteiger partial charge in [-0.05, 0) is 86.5 Å². The molecule has 0 saturated heterocycles. The van der Waals surface area contributed by atoms with Crippen LogP contribution in [0.25, 0.3) is 33.4 Å². The SMILES string of the molecule is NCCCCNCCC(=O)NCCCNC(=S)Nc1ccc(-c2c3ccc(=O)cc-3oc3cc(O)ccc23)c(C(=O)O)c1. The molecule has 1 amide bonds. The number of carbonyl (C=O) groups is 2. The van der Waals surface area contributed by atoms with Crippen molar-refractivity contribution in [2.24, 2.45) is 5.73 Å². The van der Waals surface area contributed by atoms with Gasteiger partial charge in [0.1, 0.15) is 17.1 Å². The van der Waals surface area contributed by atoms with Crippen molar-refractivity contribution in [2.75, 3.05) is 38.0 Å². The third-order valence-electron chi connectivity index (χ3n) is 6.75.